The van der Waals surface area contributed by atoms with Crippen molar-refractivity contribution < 1.29 is 15.0 Å². The Hall–Kier alpha value is -0.610. The third-order valence-corrected chi connectivity index (χ3v) is 13.9. The van der Waals surface area contributed by atoms with E-state index in [-0.39, 0.29) is 12.5 Å². The van der Waals surface area contributed by atoms with E-state index < -0.39 is 12.1 Å². The molecule has 0 aromatic rings. The number of aliphatic hydroxyl groups is 2. The average Bonchev–Trinajstić information content (AvgIpc) is 3.26. The first-order valence-corrected chi connectivity index (χ1v) is 28.7. The minimum atomic E-state index is -0.652. The topological polar surface area (TPSA) is 69.6 Å². The maximum Gasteiger partial charge on any atom is 0.220 e. The second-order valence-corrected chi connectivity index (χ2v) is 20.1. The van der Waals surface area contributed by atoms with Crippen molar-refractivity contribution in [1.29, 1.82) is 0 Å². The average molecular weight is 863 g/mol. The lowest BCUT2D eigenvalue weighted by Crippen LogP contribution is -2.45. The molecule has 61 heavy (non-hydrogen) atoms. The van der Waals surface area contributed by atoms with Crippen molar-refractivity contribution in [3.05, 3.63) is 0 Å². The number of nitrogens with one attached hydrogen (secondary N) is 1. The van der Waals surface area contributed by atoms with E-state index in [1.165, 1.54) is 289 Å². The highest BCUT2D eigenvalue weighted by atomic mass is 16.3. The first-order chi connectivity index (χ1) is 30.2. The van der Waals surface area contributed by atoms with Crippen molar-refractivity contribution in [3.63, 3.8) is 0 Å². The Morgan fingerprint density at radius 3 is 0.738 bits per heavy atom. The summed E-state index contributed by atoms with van der Waals surface area (Å²) >= 11 is 0. The molecule has 0 aromatic carbocycles. The zero-order valence-electron chi connectivity index (χ0n) is 42.2. The van der Waals surface area contributed by atoms with Crippen LogP contribution in [-0.4, -0.2) is 34.9 Å². The number of amides is 1. The van der Waals surface area contributed by atoms with E-state index in [0.29, 0.717) is 12.8 Å². The molecular formula is C57H115NO3. The van der Waals surface area contributed by atoms with Gasteiger partial charge in [-0.3, -0.25) is 4.79 Å². The highest BCUT2D eigenvalue weighted by molar-refractivity contribution is 5.76. The van der Waals surface area contributed by atoms with Crippen LogP contribution in [0.25, 0.3) is 0 Å². The smallest absolute Gasteiger partial charge is 0.220 e. The predicted molar refractivity (Wildman–Crippen MR) is 272 cm³/mol. The van der Waals surface area contributed by atoms with Crippen LogP contribution in [0.2, 0.25) is 0 Å². The molecule has 0 saturated heterocycles. The van der Waals surface area contributed by atoms with Gasteiger partial charge in [-0.05, 0) is 12.8 Å². The molecule has 366 valence electrons. The molecule has 4 heteroatoms. The van der Waals surface area contributed by atoms with E-state index in [1.807, 2.05) is 0 Å². The van der Waals surface area contributed by atoms with Crippen LogP contribution >= 0.6 is 0 Å². The van der Waals surface area contributed by atoms with Crippen LogP contribution in [-0.2, 0) is 4.79 Å². The Balaban J connectivity index is 3.27. The summed E-state index contributed by atoms with van der Waals surface area (Å²) in [4.78, 5) is 12.4. The standard InChI is InChI=1S/C57H115NO3/c1-3-5-7-9-11-13-14-15-16-17-18-19-20-21-22-23-24-25-26-27-28-29-30-31-32-33-34-35-36-37-38-39-40-41-42-43-45-47-49-51-53-57(61)58-55(54-59)56(60)52-50-48-46-44-12-10-8-6-4-2/h55-56,59-60H,3-54H2,1-2H3,(H,58,61). The summed E-state index contributed by atoms with van der Waals surface area (Å²) < 4.78 is 0. The van der Waals surface area contributed by atoms with Crippen molar-refractivity contribution in [1.82, 2.24) is 5.32 Å². The molecule has 0 aromatic heterocycles. The van der Waals surface area contributed by atoms with Crippen molar-refractivity contribution in [2.24, 2.45) is 0 Å². The Kier molecular flexibility index (Phi) is 53.2. The van der Waals surface area contributed by atoms with Gasteiger partial charge in [0, 0.05) is 6.42 Å². The maximum absolute atomic E-state index is 12.4. The predicted octanol–water partition coefficient (Wildman–Crippen LogP) is 18.8. The number of unbranched alkanes of at least 4 members (excludes halogenated alkanes) is 47. The highest BCUT2D eigenvalue weighted by Gasteiger charge is 2.20. The molecule has 0 aliphatic heterocycles. The van der Waals surface area contributed by atoms with Gasteiger partial charge in [-0.25, -0.2) is 0 Å². The fraction of sp³-hybridized carbons (Fsp3) is 0.982. The van der Waals surface area contributed by atoms with E-state index in [9.17, 15) is 15.0 Å². The summed E-state index contributed by atoms with van der Waals surface area (Å²) in [5, 5.41) is 23.1. The fourth-order valence-corrected chi connectivity index (χ4v) is 9.48. The monoisotopic (exact) mass is 862 g/mol. The van der Waals surface area contributed by atoms with Crippen LogP contribution in [0.4, 0.5) is 0 Å². The molecular weight excluding hydrogens is 747 g/mol. The molecule has 0 rings (SSSR count). The van der Waals surface area contributed by atoms with Crippen LogP contribution in [0.15, 0.2) is 0 Å². The molecule has 0 spiro atoms. The molecule has 2 atom stereocenters. The molecule has 0 saturated carbocycles. The molecule has 0 aliphatic rings. The first-order valence-electron chi connectivity index (χ1n) is 28.7. The van der Waals surface area contributed by atoms with Gasteiger partial charge in [0.25, 0.3) is 0 Å². The quantitative estimate of drug-likeness (QED) is 0.0534. The summed E-state index contributed by atoms with van der Waals surface area (Å²) in [6.07, 6.45) is 68.5. The minimum absolute atomic E-state index is 0.0261. The third kappa shape index (κ3) is 50.3. The van der Waals surface area contributed by atoms with Gasteiger partial charge in [-0.1, -0.05) is 322 Å². The largest absolute Gasteiger partial charge is 0.394 e. The van der Waals surface area contributed by atoms with Crippen molar-refractivity contribution >= 4 is 5.91 Å². The zero-order chi connectivity index (χ0) is 44.2. The number of carbonyl (C=O) groups is 1. The molecule has 0 aliphatic carbocycles. The third-order valence-electron chi connectivity index (χ3n) is 13.9. The summed E-state index contributed by atoms with van der Waals surface area (Å²) in [5.41, 5.74) is 0. The number of rotatable bonds is 54. The van der Waals surface area contributed by atoms with Crippen LogP contribution < -0.4 is 5.32 Å². The first kappa shape index (κ1) is 60.4. The van der Waals surface area contributed by atoms with Gasteiger partial charge in [-0.2, -0.15) is 0 Å². The van der Waals surface area contributed by atoms with E-state index in [2.05, 4.69) is 19.2 Å². The summed E-state index contributed by atoms with van der Waals surface area (Å²) in [6, 6.07) is -0.529. The zero-order valence-corrected chi connectivity index (χ0v) is 42.2. The van der Waals surface area contributed by atoms with Gasteiger partial charge in [0.2, 0.25) is 5.91 Å². The van der Waals surface area contributed by atoms with Gasteiger partial charge < -0.3 is 15.5 Å². The van der Waals surface area contributed by atoms with Gasteiger partial charge in [-0.15, -0.1) is 0 Å². The molecule has 2 unspecified atom stereocenters. The van der Waals surface area contributed by atoms with Crippen LogP contribution in [0.3, 0.4) is 0 Å². The second kappa shape index (κ2) is 53.7. The van der Waals surface area contributed by atoms with E-state index in [4.69, 9.17) is 0 Å². The van der Waals surface area contributed by atoms with E-state index in [1.54, 1.807) is 0 Å². The summed E-state index contributed by atoms with van der Waals surface area (Å²) in [5.74, 6) is -0.0261. The molecule has 0 fully saturated rings. The van der Waals surface area contributed by atoms with Crippen molar-refractivity contribution in [2.45, 2.75) is 353 Å². The molecule has 0 bridgehead atoms. The number of hydrogen-bond acceptors (Lipinski definition) is 3. The van der Waals surface area contributed by atoms with Crippen LogP contribution in [0.5, 0.6) is 0 Å². The molecule has 4 nitrogen and oxygen atoms in total. The molecule has 3 N–H and O–H groups in total. The Bertz CT molecular complexity index is 803. The fourth-order valence-electron chi connectivity index (χ4n) is 9.48. The second-order valence-electron chi connectivity index (χ2n) is 20.1. The van der Waals surface area contributed by atoms with Crippen LogP contribution in [0, 0.1) is 0 Å². The number of carbonyl (C=O) groups excluding carboxylic acids is 1. The molecule has 1 amide bonds. The van der Waals surface area contributed by atoms with Crippen molar-refractivity contribution in [2.75, 3.05) is 6.61 Å². The minimum Gasteiger partial charge on any atom is -0.394 e. The van der Waals surface area contributed by atoms with Gasteiger partial charge in [0.1, 0.15) is 0 Å². The molecule has 0 heterocycles. The van der Waals surface area contributed by atoms with Gasteiger partial charge in [0.15, 0.2) is 0 Å². The lowest BCUT2D eigenvalue weighted by molar-refractivity contribution is -0.123. The highest BCUT2D eigenvalue weighted by Crippen LogP contribution is 2.19. The van der Waals surface area contributed by atoms with E-state index >= 15 is 0 Å². The summed E-state index contributed by atoms with van der Waals surface area (Å²) in [6.45, 7) is 4.37. The number of aliphatic hydroxyl groups excluding tert-OH is 2. The maximum atomic E-state index is 12.4. The van der Waals surface area contributed by atoms with Gasteiger partial charge in [0.05, 0.1) is 18.8 Å². The summed E-state index contributed by atoms with van der Waals surface area (Å²) in [7, 11) is 0. The van der Waals surface area contributed by atoms with Crippen LogP contribution in [0.1, 0.15) is 341 Å². The Morgan fingerprint density at radius 2 is 0.525 bits per heavy atom. The Labute approximate surface area is 384 Å². The van der Waals surface area contributed by atoms with E-state index in [0.717, 1.165) is 25.7 Å². The molecule has 0 radical (unpaired) electrons. The van der Waals surface area contributed by atoms with Gasteiger partial charge >= 0.3 is 0 Å². The Morgan fingerprint density at radius 1 is 0.328 bits per heavy atom. The SMILES string of the molecule is CCCCCCCCCCCCCCCCCCCCCCCCCCCCCCCCCCCCCCCCCCC(=O)NC(CO)C(O)CCCCCCCCCCC. The van der Waals surface area contributed by atoms with Crippen molar-refractivity contribution in [3.8, 4) is 0 Å². The lowest BCUT2D eigenvalue weighted by Gasteiger charge is -2.22. The normalized spacial score (nSPS) is 12.7. The lowest BCUT2D eigenvalue weighted by atomic mass is 10.0. The number of hydrogen-bond donors (Lipinski definition) is 3.